The van der Waals surface area contributed by atoms with Gasteiger partial charge in [-0.05, 0) is 29.7 Å². The van der Waals surface area contributed by atoms with Gasteiger partial charge in [0.1, 0.15) is 0 Å². The highest BCUT2D eigenvalue weighted by Crippen LogP contribution is 2.35. The molecule has 4 rings (SSSR count). The second-order valence-electron chi connectivity index (χ2n) is 6.70. The van der Waals surface area contributed by atoms with Crippen LogP contribution in [0.5, 0.6) is 0 Å². The van der Waals surface area contributed by atoms with Crippen molar-refractivity contribution in [3.8, 4) is 0 Å². The van der Waals surface area contributed by atoms with Crippen molar-refractivity contribution < 1.29 is 4.79 Å². The number of aromatic amines is 1. The van der Waals surface area contributed by atoms with Gasteiger partial charge in [-0.3, -0.25) is 9.78 Å². The average molecular weight is 355 g/mol. The number of imidazole rings is 1. The minimum Gasteiger partial charge on any atom is -0.333 e. The zero-order valence-corrected chi connectivity index (χ0v) is 14.9. The molecule has 128 valence electrons. The smallest absolute Gasteiger partial charge is 0.290 e. The summed E-state index contributed by atoms with van der Waals surface area (Å²) in [7, 11) is 0. The van der Waals surface area contributed by atoms with Gasteiger partial charge < -0.3 is 9.88 Å². The molecule has 1 aliphatic rings. The maximum atomic E-state index is 13.2. The Hall–Kier alpha value is -2.40. The number of amides is 1. The van der Waals surface area contributed by atoms with Crippen LogP contribution in [0.1, 0.15) is 41.8 Å². The molecule has 1 atom stereocenters. The molecule has 0 bridgehead atoms. The third-order valence-electron chi connectivity index (χ3n) is 4.73. The summed E-state index contributed by atoms with van der Waals surface area (Å²) in [5.74, 6) is 0.515. The van der Waals surface area contributed by atoms with Crippen LogP contribution in [0.25, 0.3) is 11.0 Å². The normalized spacial score (nSPS) is 17.1. The van der Waals surface area contributed by atoms with Crippen LogP contribution in [0.15, 0.2) is 36.5 Å². The standard InChI is InChI=1S/C19H19ClN4O/c1-11(2)17-12-5-4-9-21-14(12)8-10-24(17)19(25)18-22-15-7-3-6-13(20)16(15)23-18/h3-7,9,11,17H,8,10H2,1-2H3,(H,22,23)/t17-/m0/s1. The summed E-state index contributed by atoms with van der Waals surface area (Å²) in [5.41, 5.74) is 3.62. The zero-order valence-electron chi connectivity index (χ0n) is 14.2. The number of nitrogens with zero attached hydrogens (tertiary/aromatic N) is 3. The molecule has 0 fully saturated rings. The molecule has 6 heteroatoms. The van der Waals surface area contributed by atoms with Crippen molar-refractivity contribution >= 4 is 28.5 Å². The number of aromatic nitrogens is 3. The largest absolute Gasteiger partial charge is 0.333 e. The molecule has 0 unspecified atom stereocenters. The molecule has 0 aliphatic carbocycles. The van der Waals surface area contributed by atoms with Gasteiger partial charge in [-0.2, -0.15) is 0 Å². The van der Waals surface area contributed by atoms with Crippen LogP contribution in [0.2, 0.25) is 5.02 Å². The van der Waals surface area contributed by atoms with Crippen molar-refractivity contribution in [1.82, 2.24) is 19.9 Å². The summed E-state index contributed by atoms with van der Waals surface area (Å²) in [4.78, 5) is 27.1. The summed E-state index contributed by atoms with van der Waals surface area (Å²) in [6.45, 7) is 4.89. The Balaban J connectivity index is 1.74. The monoisotopic (exact) mass is 354 g/mol. The molecule has 2 aromatic heterocycles. The minimum absolute atomic E-state index is 0.00589. The number of H-pyrrole nitrogens is 1. The van der Waals surface area contributed by atoms with Gasteiger partial charge in [0.2, 0.25) is 0 Å². The number of pyridine rings is 1. The first-order chi connectivity index (χ1) is 12.1. The van der Waals surface area contributed by atoms with E-state index in [-0.39, 0.29) is 17.9 Å². The second kappa shape index (κ2) is 6.15. The predicted molar refractivity (Wildman–Crippen MR) is 97.7 cm³/mol. The van der Waals surface area contributed by atoms with Crippen molar-refractivity contribution in [2.24, 2.45) is 5.92 Å². The van der Waals surface area contributed by atoms with E-state index in [9.17, 15) is 4.79 Å². The summed E-state index contributed by atoms with van der Waals surface area (Å²) >= 11 is 6.20. The van der Waals surface area contributed by atoms with Crippen LogP contribution >= 0.6 is 11.6 Å². The molecule has 0 saturated carbocycles. The fraction of sp³-hybridized carbons (Fsp3) is 0.316. The molecular weight excluding hydrogens is 336 g/mol. The first-order valence-corrected chi connectivity index (χ1v) is 8.83. The van der Waals surface area contributed by atoms with Crippen LogP contribution in [0, 0.1) is 5.92 Å². The number of rotatable bonds is 2. The third kappa shape index (κ3) is 2.68. The number of carbonyl (C=O) groups is 1. The first-order valence-electron chi connectivity index (χ1n) is 8.45. The first kappa shape index (κ1) is 16.1. The van der Waals surface area contributed by atoms with Gasteiger partial charge in [0, 0.05) is 24.9 Å². The molecular formula is C19H19ClN4O. The highest BCUT2D eigenvalue weighted by Gasteiger charge is 2.35. The van der Waals surface area contributed by atoms with Gasteiger partial charge in [-0.15, -0.1) is 0 Å². The van der Waals surface area contributed by atoms with Crippen LogP contribution in [0.3, 0.4) is 0 Å². The lowest BCUT2D eigenvalue weighted by atomic mass is 9.89. The number of para-hydroxylation sites is 1. The average Bonchev–Trinajstić information content (AvgIpc) is 3.05. The Bertz CT molecular complexity index is 950. The quantitative estimate of drug-likeness (QED) is 0.756. The van der Waals surface area contributed by atoms with E-state index in [1.165, 1.54) is 0 Å². The number of carbonyl (C=O) groups excluding carboxylic acids is 1. The van der Waals surface area contributed by atoms with Crippen LogP contribution in [-0.4, -0.2) is 32.3 Å². The number of benzene rings is 1. The Labute approximate surface area is 151 Å². The van der Waals surface area contributed by atoms with Gasteiger partial charge in [0.15, 0.2) is 5.82 Å². The van der Waals surface area contributed by atoms with Crippen LogP contribution in [-0.2, 0) is 6.42 Å². The lowest BCUT2D eigenvalue weighted by Crippen LogP contribution is -2.43. The number of hydrogen-bond acceptors (Lipinski definition) is 3. The van der Waals surface area contributed by atoms with E-state index < -0.39 is 0 Å². The van der Waals surface area contributed by atoms with Crippen LogP contribution in [0.4, 0.5) is 0 Å². The molecule has 0 radical (unpaired) electrons. The molecule has 1 N–H and O–H groups in total. The van der Waals surface area contributed by atoms with E-state index in [2.05, 4.69) is 34.9 Å². The van der Waals surface area contributed by atoms with Gasteiger partial charge in [0.25, 0.3) is 5.91 Å². The molecule has 0 saturated heterocycles. The van der Waals surface area contributed by atoms with Crippen molar-refractivity contribution in [2.45, 2.75) is 26.3 Å². The molecule has 25 heavy (non-hydrogen) atoms. The fourth-order valence-electron chi connectivity index (χ4n) is 3.64. The Kier molecular flexibility index (Phi) is 3.96. The zero-order chi connectivity index (χ0) is 17.6. The number of nitrogens with one attached hydrogen (secondary N) is 1. The van der Waals surface area contributed by atoms with Crippen LogP contribution < -0.4 is 0 Å². The van der Waals surface area contributed by atoms with E-state index in [0.29, 0.717) is 28.4 Å². The molecule has 3 heterocycles. The van der Waals surface area contributed by atoms with E-state index in [1.54, 1.807) is 6.07 Å². The second-order valence-corrected chi connectivity index (χ2v) is 7.10. The SMILES string of the molecule is CC(C)[C@H]1c2cccnc2CCN1C(=O)c1nc2cccc(Cl)c2[nH]1. The van der Waals surface area contributed by atoms with Gasteiger partial charge in [-0.1, -0.05) is 37.6 Å². The Morgan fingerprint density at radius 1 is 1.32 bits per heavy atom. The van der Waals surface area contributed by atoms with E-state index >= 15 is 0 Å². The minimum atomic E-state index is -0.0968. The highest BCUT2D eigenvalue weighted by atomic mass is 35.5. The summed E-state index contributed by atoms with van der Waals surface area (Å²) < 4.78 is 0. The summed E-state index contributed by atoms with van der Waals surface area (Å²) in [6, 6.07) is 9.47. The van der Waals surface area contributed by atoms with Crippen molar-refractivity contribution in [1.29, 1.82) is 0 Å². The Morgan fingerprint density at radius 2 is 2.16 bits per heavy atom. The topological polar surface area (TPSA) is 61.9 Å². The lowest BCUT2D eigenvalue weighted by molar-refractivity contribution is 0.0590. The fourth-order valence-corrected chi connectivity index (χ4v) is 3.86. The van der Waals surface area contributed by atoms with E-state index in [4.69, 9.17) is 11.6 Å². The number of fused-ring (bicyclic) bond motifs is 2. The molecule has 5 nitrogen and oxygen atoms in total. The van der Waals surface area contributed by atoms with E-state index in [0.717, 1.165) is 17.7 Å². The number of halogens is 1. The third-order valence-corrected chi connectivity index (χ3v) is 5.05. The number of hydrogen-bond donors (Lipinski definition) is 1. The molecule has 1 aliphatic heterocycles. The van der Waals surface area contributed by atoms with Gasteiger partial charge in [-0.25, -0.2) is 4.98 Å². The summed E-state index contributed by atoms with van der Waals surface area (Å²) in [6.07, 6.45) is 2.57. The maximum Gasteiger partial charge on any atom is 0.290 e. The van der Waals surface area contributed by atoms with Crippen molar-refractivity contribution in [3.05, 3.63) is 58.6 Å². The lowest BCUT2D eigenvalue weighted by Gasteiger charge is -2.38. The van der Waals surface area contributed by atoms with E-state index in [1.807, 2.05) is 29.3 Å². The highest BCUT2D eigenvalue weighted by molar-refractivity contribution is 6.35. The van der Waals surface area contributed by atoms with Gasteiger partial charge >= 0.3 is 0 Å². The maximum absolute atomic E-state index is 13.2. The molecule has 1 amide bonds. The molecule has 0 spiro atoms. The van der Waals surface area contributed by atoms with Crippen molar-refractivity contribution in [2.75, 3.05) is 6.54 Å². The molecule has 1 aromatic carbocycles. The predicted octanol–water partition coefficient (Wildman–Crippen LogP) is 4.01. The molecule has 3 aromatic rings. The van der Waals surface area contributed by atoms with Crippen molar-refractivity contribution in [3.63, 3.8) is 0 Å². The van der Waals surface area contributed by atoms with Gasteiger partial charge in [0.05, 0.1) is 22.1 Å². The Morgan fingerprint density at radius 3 is 2.92 bits per heavy atom. The summed E-state index contributed by atoms with van der Waals surface area (Å²) in [5, 5.41) is 0.567.